The first-order chi connectivity index (χ1) is 10.2. The summed E-state index contributed by atoms with van der Waals surface area (Å²) < 4.78 is 0. The van der Waals surface area contributed by atoms with Gasteiger partial charge in [0.2, 0.25) is 0 Å². The van der Waals surface area contributed by atoms with Gasteiger partial charge in [-0.3, -0.25) is 4.79 Å². The highest BCUT2D eigenvalue weighted by molar-refractivity contribution is 6.83. The molecule has 0 aromatic heterocycles. The normalized spacial score (nSPS) is 22.1. The van der Waals surface area contributed by atoms with Gasteiger partial charge in [-0.05, 0) is 31.3 Å². The van der Waals surface area contributed by atoms with E-state index in [9.17, 15) is 4.79 Å². The van der Waals surface area contributed by atoms with Crippen molar-refractivity contribution in [2.24, 2.45) is 11.3 Å². The van der Waals surface area contributed by atoms with Crippen molar-refractivity contribution in [2.45, 2.75) is 97.3 Å². The molecule has 128 valence electrons. The summed E-state index contributed by atoms with van der Waals surface area (Å²) in [6.07, 6.45) is 7.12. The molecule has 0 aliphatic heterocycles. The fourth-order valence-electron chi connectivity index (χ4n) is 5.52. The Morgan fingerprint density at radius 2 is 1.50 bits per heavy atom. The van der Waals surface area contributed by atoms with Crippen LogP contribution in [0.3, 0.4) is 0 Å². The van der Waals surface area contributed by atoms with E-state index in [0.717, 1.165) is 35.9 Å². The molecule has 0 saturated carbocycles. The highest BCUT2D eigenvalue weighted by Crippen LogP contribution is 2.52. The molecular formula is C20H38OSi. The largest absolute Gasteiger partial charge is 0.294 e. The average Bonchev–Trinajstić information content (AvgIpc) is 2.44. The highest BCUT2D eigenvalue weighted by atomic mass is 28.3. The van der Waals surface area contributed by atoms with Gasteiger partial charge < -0.3 is 0 Å². The Morgan fingerprint density at radius 3 is 1.86 bits per heavy atom. The van der Waals surface area contributed by atoms with E-state index in [0.29, 0.717) is 11.7 Å². The lowest BCUT2D eigenvalue weighted by molar-refractivity contribution is -0.127. The molecular weight excluding hydrogens is 284 g/mol. The summed E-state index contributed by atoms with van der Waals surface area (Å²) in [5, 5.41) is 0. The smallest absolute Gasteiger partial charge is 0.161 e. The predicted octanol–water partition coefficient (Wildman–Crippen LogP) is 6.62. The minimum Gasteiger partial charge on any atom is -0.294 e. The Hall–Kier alpha value is -0.373. The molecule has 0 heterocycles. The number of hydrogen-bond donors (Lipinski definition) is 0. The van der Waals surface area contributed by atoms with Gasteiger partial charge in [-0.25, -0.2) is 0 Å². The van der Waals surface area contributed by atoms with E-state index >= 15 is 0 Å². The van der Waals surface area contributed by atoms with Crippen molar-refractivity contribution in [3.8, 4) is 0 Å². The van der Waals surface area contributed by atoms with Crippen molar-refractivity contribution in [3.05, 3.63) is 12.2 Å². The summed E-state index contributed by atoms with van der Waals surface area (Å²) in [6, 6.07) is 1.32. The summed E-state index contributed by atoms with van der Waals surface area (Å²) in [5.41, 5.74) is 2.24. The molecule has 22 heavy (non-hydrogen) atoms. The molecule has 1 unspecified atom stereocenters. The van der Waals surface area contributed by atoms with E-state index in [2.05, 4.69) is 61.5 Å². The Bertz CT molecular complexity index is 380. The minimum absolute atomic E-state index is 0.0916. The lowest BCUT2D eigenvalue weighted by Crippen LogP contribution is -2.50. The molecule has 0 radical (unpaired) electrons. The maximum atomic E-state index is 12.7. The fraction of sp³-hybridized carbons (Fsp3) is 0.850. The number of hydrogen-bond acceptors (Lipinski definition) is 1. The Morgan fingerprint density at radius 1 is 1.05 bits per heavy atom. The lowest BCUT2D eigenvalue weighted by Gasteiger charge is -2.50. The number of carbonyl (C=O) groups is 1. The second-order valence-corrected chi connectivity index (χ2v) is 14.4. The maximum absolute atomic E-state index is 12.7. The van der Waals surface area contributed by atoms with Gasteiger partial charge in [-0.15, -0.1) is 0 Å². The first-order valence-electron chi connectivity index (χ1n) is 9.39. The fourth-order valence-corrected chi connectivity index (χ4v) is 12.3. The molecule has 1 atom stereocenters. The number of rotatable bonds is 7. The maximum Gasteiger partial charge on any atom is 0.161 e. The van der Waals surface area contributed by atoms with Crippen molar-refractivity contribution >= 4 is 13.9 Å². The zero-order chi connectivity index (χ0) is 17.1. The summed E-state index contributed by atoms with van der Waals surface area (Å²) >= 11 is 0. The first-order valence-corrected chi connectivity index (χ1v) is 11.8. The number of carbonyl (C=O) groups excluding carboxylic acids is 1. The van der Waals surface area contributed by atoms with Crippen molar-refractivity contribution in [3.63, 3.8) is 0 Å². The summed E-state index contributed by atoms with van der Waals surface area (Å²) in [4.78, 5) is 12.7. The van der Waals surface area contributed by atoms with E-state index in [1.807, 2.05) is 6.08 Å². The van der Waals surface area contributed by atoms with Crippen molar-refractivity contribution < 1.29 is 4.79 Å². The van der Waals surface area contributed by atoms with Gasteiger partial charge in [0.15, 0.2) is 5.78 Å². The van der Waals surface area contributed by atoms with Crippen molar-refractivity contribution in [1.82, 2.24) is 0 Å². The molecule has 0 aromatic carbocycles. The van der Waals surface area contributed by atoms with Crippen LogP contribution in [0.2, 0.25) is 22.7 Å². The molecule has 0 bridgehead atoms. The summed E-state index contributed by atoms with van der Waals surface area (Å²) in [5.74, 6) is 0.951. The van der Waals surface area contributed by atoms with E-state index in [4.69, 9.17) is 0 Å². The molecule has 0 N–H and O–H groups in total. The Balaban J connectivity index is 3.27. The van der Waals surface area contributed by atoms with Gasteiger partial charge >= 0.3 is 0 Å². The Kier molecular flexibility index (Phi) is 6.67. The van der Waals surface area contributed by atoms with Crippen LogP contribution >= 0.6 is 0 Å². The topological polar surface area (TPSA) is 17.1 Å². The van der Waals surface area contributed by atoms with Crippen LogP contribution in [0.5, 0.6) is 0 Å². The molecule has 0 fully saturated rings. The van der Waals surface area contributed by atoms with Crippen LogP contribution in [-0.2, 0) is 4.79 Å². The number of ketones is 1. The quantitative estimate of drug-likeness (QED) is 0.481. The zero-order valence-electron chi connectivity index (χ0n) is 16.2. The van der Waals surface area contributed by atoms with Crippen LogP contribution in [0.1, 0.15) is 74.7 Å². The van der Waals surface area contributed by atoms with E-state index in [1.165, 1.54) is 6.04 Å². The number of allylic oxidation sites excluding steroid dienone is 2. The third-order valence-corrected chi connectivity index (χ3v) is 14.7. The summed E-state index contributed by atoms with van der Waals surface area (Å²) in [6.45, 7) is 19.1. The highest BCUT2D eigenvalue weighted by Gasteiger charge is 2.50. The van der Waals surface area contributed by atoms with E-state index in [-0.39, 0.29) is 5.41 Å². The Labute approximate surface area is 140 Å². The monoisotopic (exact) mass is 322 g/mol. The van der Waals surface area contributed by atoms with Gasteiger partial charge in [-0.1, -0.05) is 84.1 Å². The molecule has 1 nitrogen and oxygen atoms in total. The molecule has 2 heteroatoms. The van der Waals surface area contributed by atoms with E-state index < -0.39 is 8.07 Å². The molecule has 1 rings (SSSR count). The molecule has 1 aliphatic rings. The molecule has 0 saturated heterocycles. The molecule has 0 aromatic rings. The molecule has 0 spiro atoms. The van der Waals surface area contributed by atoms with Gasteiger partial charge in [0, 0.05) is 5.41 Å². The zero-order valence-corrected chi connectivity index (χ0v) is 17.2. The third kappa shape index (κ3) is 3.13. The van der Waals surface area contributed by atoms with Gasteiger partial charge in [-0.2, -0.15) is 0 Å². The SMILES string of the molecule is CCC1(CC)C(=O)C=CCC1C[Si](C(C)C)(C(C)C)C(C)C. The minimum atomic E-state index is -1.45. The lowest BCUT2D eigenvalue weighted by atomic mass is 9.65. The second kappa shape index (κ2) is 7.46. The van der Waals surface area contributed by atoms with Gasteiger partial charge in [0.05, 0.1) is 8.07 Å². The standard InChI is InChI=1S/C20H38OSi/c1-9-20(10-2)18(12-11-13-19(20)21)14-22(15(3)4,16(5)6)17(7)8/h11,13,15-18H,9-10,12,14H2,1-8H3. The molecule has 0 amide bonds. The average molecular weight is 323 g/mol. The van der Waals surface area contributed by atoms with Gasteiger partial charge in [0.1, 0.15) is 0 Å². The predicted molar refractivity (Wildman–Crippen MR) is 101 cm³/mol. The van der Waals surface area contributed by atoms with Crippen LogP contribution in [0.25, 0.3) is 0 Å². The van der Waals surface area contributed by atoms with Crippen LogP contribution < -0.4 is 0 Å². The van der Waals surface area contributed by atoms with Crippen LogP contribution in [0.4, 0.5) is 0 Å². The van der Waals surface area contributed by atoms with Crippen LogP contribution in [0.15, 0.2) is 12.2 Å². The third-order valence-electron chi connectivity index (χ3n) is 7.05. The summed E-state index contributed by atoms with van der Waals surface area (Å²) in [7, 11) is -1.45. The van der Waals surface area contributed by atoms with Crippen LogP contribution in [-0.4, -0.2) is 13.9 Å². The molecule has 1 aliphatic carbocycles. The second-order valence-electron chi connectivity index (χ2n) is 8.34. The first kappa shape index (κ1) is 19.7. The van der Waals surface area contributed by atoms with Crippen molar-refractivity contribution in [1.29, 1.82) is 0 Å². The van der Waals surface area contributed by atoms with Gasteiger partial charge in [0.25, 0.3) is 0 Å². The van der Waals surface area contributed by atoms with Crippen LogP contribution in [0, 0.1) is 11.3 Å². The van der Waals surface area contributed by atoms with Crippen molar-refractivity contribution in [2.75, 3.05) is 0 Å². The van der Waals surface area contributed by atoms with E-state index in [1.54, 1.807) is 0 Å².